The van der Waals surface area contributed by atoms with Crippen LogP contribution in [0.15, 0.2) is 42.0 Å². The maximum atomic E-state index is 13.5. The Morgan fingerprint density at radius 3 is 2.67 bits per heavy atom. The van der Waals surface area contributed by atoms with E-state index in [2.05, 4.69) is 24.0 Å². The number of ether oxygens (including phenoxy) is 3. The Morgan fingerprint density at radius 2 is 1.97 bits per heavy atom. The number of amides is 1. The van der Waals surface area contributed by atoms with E-state index in [1.165, 1.54) is 23.3 Å². The minimum absolute atomic E-state index is 0.0253. The van der Waals surface area contributed by atoms with Gasteiger partial charge in [-0.3, -0.25) is 14.5 Å². The van der Waals surface area contributed by atoms with Crippen LogP contribution in [0.3, 0.4) is 0 Å². The maximum absolute atomic E-state index is 13.5. The molecule has 0 saturated carbocycles. The van der Waals surface area contributed by atoms with Crippen LogP contribution in [-0.2, 0) is 16.0 Å². The molecule has 1 N–H and O–H groups in total. The number of methoxy groups -OCH3 is 1. The van der Waals surface area contributed by atoms with Crippen LogP contribution in [0.5, 0.6) is 17.2 Å². The Morgan fingerprint density at radius 1 is 1.18 bits per heavy atom. The monoisotopic (exact) mass is 549 g/mol. The zero-order valence-electron chi connectivity index (χ0n) is 22.6. The van der Waals surface area contributed by atoms with Crippen molar-refractivity contribution in [3.8, 4) is 17.2 Å². The van der Waals surface area contributed by atoms with E-state index in [9.17, 15) is 14.7 Å². The summed E-state index contributed by atoms with van der Waals surface area (Å²) in [5.41, 5.74) is 1.90. The molecule has 1 amide bonds. The number of aromatic nitrogens is 2. The average molecular weight is 550 g/mol. The van der Waals surface area contributed by atoms with Crippen molar-refractivity contribution in [1.82, 2.24) is 10.2 Å². The number of aliphatic hydroxyl groups is 1. The number of carbonyl (C=O) groups excluding carboxylic acids is 2. The molecule has 2 unspecified atom stereocenters. The molecule has 3 heterocycles. The van der Waals surface area contributed by atoms with Gasteiger partial charge in [-0.2, -0.15) is 0 Å². The molecule has 204 valence electrons. The number of aliphatic hydroxyl groups excluding tert-OH is 1. The van der Waals surface area contributed by atoms with Crippen LogP contribution < -0.4 is 19.1 Å². The van der Waals surface area contributed by atoms with Gasteiger partial charge in [-0.05, 0) is 67.6 Å². The fourth-order valence-corrected chi connectivity index (χ4v) is 5.55. The molecular weight excluding hydrogens is 518 g/mol. The first kappa shape index (κ1) is 26.7. The second kappa shape index (κ2) is 10.7. The minimum atomic E-state index is -0.945. The van der Waals surface area contributed by atoms with Gasteiger partial charge in [0, 0.05) is 12.0 Å². The van der Waals surface area contributed by atoms with E-state index in [0.29, 0.717) is 46.6 Å². The first-order valence-electron chi connectivity index (χ1n) is 12.9. The number of carbonyl (C=O) groups is 2. The Kier molecular flexibility index (Phi) is 7.31. The van der Waals surface area contributed by atoms with Crippen molar-refractivity contribution in [2.45, 2.75) is 52.7 Å². The van der Waals surface area contributed by atoms with Crippen molar-refractivity contribution in [1.29, 1.82) is 0 Å². The molecule has 0 aliphatic carbocycles. The average Bonchev–Trinajstić information content (AvgIpc) is 3.57. The third-order valence-electron chi connectivity index (χ3n) is 6.79. The number of Topliss-reactive ketones (excluding diaryl/α,β-unsaturated/α-hetero) is 1. The van der Waals surface area contributed by atoms with Gasteiger partial charge in [0.25, 0.3) is 5.78 Å². The first-order chi connectivity index (χ1) is 18.7. The minimum Gasteiger partial charge on any atom is -0.507 e. The van der Waals surface area contributed by atoms with Gasteiger partial charge in [-0.25, -0.2) is 0 Å². The summed E-state index contributed by atoms with van der Waals surface area (Å²) in [4.78, 5) is 28.2. The van der Waals surface area contributed by atoms with Crippen molar-refractivity contribution in [3.63, 3.8) is 0 Å². The molecule has 0 spiro atoms. The standard InChI is InChI=1S/C29H31N3O6S/c1-15(2)10-11-37-22-9-6-18(14-23(22)36-5)25-24(27(34)28(35)32(25)29-31-30-17(4)39-29)26(33)19-7-8-21-20(13-19)12-16(3)38-21/h6-9,13-16,25,33H,10-12H2,1-5H3/b26-24+. The third kappa shape index (κ3) is 5.08. The predicted molar refractivity (Wildman–Crippen MR) is 148 cm³/mol. The first-order valence-corrected chi connectivity index (χ1v) is 13.7. The molecule has 39 heavy (non-hydrogen) atoms. The van der Waals surface area contributed by atoms with Gasteiger partial charge in [-0.15, -0.1) is 10.2 Å². The molecule has 5 rings (SSSR count). The Hall–Kier alpha value is -3.92. The fourth-order valence-electron chi connectivity index (χ4n) is 4.83. The summed E-state index contributed by atoms with van der Waals surface area (Å²) in [6.45, 7) is 8.51. The molecule has 9 nitrogen and oxygen atoms in total. The van der Waals surface area contributed by atoms with E-state index in [1.807, 2.05) is 6.92 Å². The number of hydrogen-bond donors (Lipinski definition) is 1. The summed E-state index contributed by atoms with van der Waals surface area (Å²) in [5.74, 6) is 0.397. The van der Waals surface area contributed by atoms with Crippen LogP contribution >= 0.6 is 11.3 Å². The molecule has 3 aromatic rings. The van der Waals surface area contributed by atoms with Crippen LogP contribution in [0.1, 0.15) is 54.9 Å². The number of rotatable bonds is 8. The lowest BCUT2D eigenvalue weighted by atomic mass is 9.94. The number of fused-ring (bicyclic) bond motifs is 1. The van der Waals surface area contributed by atoms with Crippen molar-refractivity contribution in [2.24, 2.45) is 5.92 Å². The summed E-state index contributed by atoms with van der Waals surface area (Å²) < 4.78 is 17.3. The highest BCUT2D eigenvalue weighted by atomic mass is 32.1. The molecule has 0 bridgehead atoms. The summed E-state index contributed by atoms with van der Waals surface area (Å²) in [7, 11) is 1.53. The van der Waals surface area contributed by atoms with Crippen molar-refractivity contribution in [3.05, 3.63) is 63.7 Å². The Balaban J connectivity index is 1.62. The fraction of sp³-hybridized carbons (Fsp3) is 0.379. The van der Waals surface area contributed by atoms with Crippen LogP contribution in [-0.4, -0.2) is 46.8 Å². The van der Waals surface area contributed by atoms with Gasteiger partial charge in [0.2, 0.25) is 5.13 Å². The molecule has 2 atom stereocenters. The zero-order valence-corrected chi connectivity index (χ0v) is 23.4. The second-order valence-corrected chi connectivity index (χ2v) is 11.3. The van der Waals surface area contributed by atoms with Crippen LogP contribution in [0.25, 0.3) is 5.76 Å². The summed E-state index contributed by atoms with van der Waals surface area (Å²) >= 11 is 1.20. The Labute approximate surface area is 231 Å². The number of ketones is 1. The van der Waals surface area contributed by atoms with Crippen molar-refractivity contribution >= 4 is 33.9 Å². The molecular formula is C29H31N3O6S. The predicted octanol–water partition coefficient (Wildman–Crippen LogP) is 5.23. The zero-order chi connectivity index (χ0) is 27.8. The summed E-state index contributed by atoms with van der Waals surface area (Å²) in [6, 6.07) is 9.59. The van der Waals surface area contributed by atoms with Crippen molar-refractivity contribution < 1.29 is 28.9 Å². The van der Waals surface area contributed by atoms with E-state index in [1.54, 1.807) is 43.3 Å². The molecule has 2 aliphatic heterocycles. The van der Waals surface area contributed by atoms with Crippen LogP contribution in [0.2, 0.25) is 0 Å². The van der Waals surface area contributed by atoms with E-state index in [4.69, 9.17) is 14.2 Å². The normalized spacial score (nSPS) is 19.9. The third-order valence-corrected chi connectivity index (χ3v) is 7.63. The van der Waals surface area contributed by atoms with Crippen LogP contribution in [0, 0.1) is 12.8 Å². The molecule has 1 aromatic heterocycles. The van der Waals surface area contributed by atoms with Gasteiger partial charge >= 0.3 is 5.91 Å². The highest BCUT2D eigenvalue weighted by Gasteiger charge is 2.48. The molecule has 1 fully saturated rings. The second-order valence-electron chi connectivity index (χ2n) is 10.2. The topological polar surface area (TPSA) is 111 Å². The van der Waals surface area contributed by atoms with Gasteiger partial charge in [0.15, 0.2) is 11.5 Å². The lowest BCUT2D eigenvalue weighted by Gasteiger charge is -2.23. The number of nitrogens with zero attached hydrogens (tertiary/aromatic N) is 3. The quantitative estimate of drug-likeness (QED) is 0.231. The summed E-state index contributed by atoms with van der Waals surface area (Å²) in [6.07, 6.45) is 1.59. The molecule has 0 radical (unpaired) electrons. The SMILES string of the molecule is COc1cc(C2/C(=C(\O)c3ccc4c(c3)CC(C)O4)C(=O)C(=O)N2c2nnc(C)s2)ccc1OCCC(C)C. The lowest BCUT2D eigenvalue weighted by Crippen LogP contribution is -2.29. The molecule has 2 aromatic carbocycles. The van der Waals surface area contributed by atoms with Gasteiger partial charge in [0.05, 0.1) is 25.3 Å². The smallest absolute Gasteiger partial charge is 0.301 e. The van der Waals surface area contributed by atoms with Crippen LogP contribution in [0.4, 0.5) is 5.13 Å². The number of aryl methyl sites for hydroxylation is 1. The molecule has 1 saturated heterocycles. The van der Waals surface area contributed by atoms with Gasteiger partial charge < -0.3 is 19.3 Å². The molecule has 2 aliphatic rings. The Bertz CT molecular complexity index is 1460. The number of hydrogen-bond acceptors (Lipinski definition) is 9. The lowest BCUT2D eigenvalue weighted by molar-refractivity contribution is -0.132. The summed E-state index contributed by atoms with van der Waals surface area (Å²) in [5, 5.41) is 20.6. The largest absolute Gasteiger partial charge is 0.507 e. The van der Waals surface area contributed by atoms with E-state index < -0.39 is 17.7 Å². The van der Waals surface area contributed by atoms with E-state index >= 15 is 0 Å². The molecule has 10 heteroatoms. The van der Waals surface area contributed by atoms with E-state index in [0.717, 1.165) is 17.7 Å². The van der Waals surface area contributed by atoms with Gasteiger partial charge in [0.1, 0.15) is 22.6 Å². The maximum Gasteiger partial charge on any atom is 0.301 e. The van der Waals surface area contributed by atoms with E-state index in [-0.39, 0.29) is 22.6 Å². The number of anilines is 1. The van der Waals surface area contributed by atoms with Gasteiger partial charge in [-0.1, -0.05) is 31.3 Å². The highest BCUT2D eigenvalue weighted by molar-refractivity contribution is 7.15. The highest BCUT2D eigenvalue weighted by Crippen LogP contribution is 2.45. The van der Waals surface area contributed by atoms with Crippen molar-refractivity contribution in [2.75, 3.05) is 18.6 Å². The number of benzene rings is 2.